The quantitative estimate of drug-likeness (QED) is 0.608. The fraction of sp³-hybridized carbons (Fsp3) is 0.375. The Morgan fingerprint density at radius 1 is 1.06 bits per heavy atom. The first-order valence-electron chi connectivity index (χ1n) is 10.7. The highest BCUT2D eigenvalue weighted by atomic mass is 16.5. The molecular weight excluding hydrogens is 392 g/mol. The number of esters is 1. The molecule has 1 N–H and O–H groups in total. The third-order valence-electron chi connectivity index (χ3n) is 5.72. The van der Waals surface area contributed by atoms with Crippen LogP contribution in [-0.2, 0) is 14.3 Å². The molecule has 0 aromatic heterocycles. The molecule has 7 heteroatoms. The summed E-state index contributed by atoms with van der Waals surface area (Å²) < 4.78 is 5.19. The third kappa shape index (κ3) is 4.55. The highest BCUT2D eigenvalue weighted by Crippen LogP contribution is 2.31. The van der Waals surface area contributed by atoms with Crippen molar-refractivity contribution in [2.45, 2.75) is 19.9 Å². The van der Waals surface area contributed by atoms with Gasteiger partial charge in [0, 0.05) is 31.9 Å². The summed E-state index contributed by atoms with van der Waals surface area (Å²) in [5.74, 6) is -1.36. The summed E-state index contributed by atoms with van der Waals surface area (Å²) in [6.07, 6.45) is 0. The first-order chi connectivity index (χ1) is 15.1. The van der Waals surface area contributed by atoms with Gasteiger partial charge in [0.2, 0.25) is 11.9 Å². The van der Waals surface area contributed by atoms with Crippen molar-refractivity contribution < 1.29 is 14.3 Å². The van der Waals surface area contributed by atoms with Crippen molar-refractivity contribution in [3.05, 3.63) is 65.7 Å². The minimum absolute atomic E-state index is 0.223. The molecule has 2 atom stereocenters. The lowest BCUT2D eigenvalue weighted by atomic mass is 9.90. The smallest absolute Gasteiger partial charge is 0.321 e. The number of carbonyl (C=O) groups is 2. The molecule has 2 aromatic carbocycles. The molecule has 0 aliphatic carbocycles. The second kappa shape index (κ2) is 9.20. The molecule has 2 heterocycles. The summed E-state index contributed by atoms with van der Waals surface area (Å²) in [7, 11) is 0. The van der Waals surface area contributed by atoms with Gasteiger partial charge >= 0.3 is 5.97 Å². The predicted octanol–water partition coefficient (Wildman–Crippen LogP) is 2.52. The summed E-state index contributed by atoms with van der Waals surface area (Å²) in [5, 5.41) is 2.86. The molecule has 1 fully saturated rings. The number of piperazine rings is 1. The number of carbonyl (C=O) groups excluding carboxylic acids is 2. The van der Waals surface area contributed by atoms with E-state index in [1.165, 1.54) is 5.69 Å². The van der Waals surface area contributed by atoms with Gasteiger partial charge in [0.05, 0.1) is 6.61 Å². The van der Waals surface area contributed by atoms with Crippen molar-refractivity contribution in [1.82, 2.24) is 10.2 Å². The standard InChI is InChI=1S/C24H28N4O3/c1-3-31-23(30)20-21(18-9-7-8-17(2)16-18)25-24(26-22(20)29)28-14-12-27(13-15-28)19-10-5-4-6-11-19/h4-11,16,20-21H,3,12-15H2,1-2H3,(H,25,26,29)/t20-,21+/m0/s1. The highest BCUT2D eigenvalue weighted by Gasteiger charge is 2.42. The second-order valence-corrected chi connectivity index (χ2v) is 7.84. The SMILES string of the molecule is CCOC(=O)[C@@H]1C(=O)NC(N2CCN(c3ccccc3)CC2)=N[C@@H]1c1cccc(C)c1. The van der Waals surface area contributed by atoms with E-state index in [4.69, 9.17) is 9.73 Å². The molecule has 1 amide bonds. The van der Waals surface area contributed by atoms with Gasteiger partial charge in [-0.3, -0.25) is 14.9 Å². The van der Waals surface area contributed by atoms with Gasteiger partial charge in [-0.05, 0) is 31.5 Å². The summed E-state index contributed by atoms with van der Waals surface area (Å²) in [4.78, 5) is 34.8. The lowest BCUT2D eigenvalue weighted by Gasteiger charge is -2.39. The van der Waals surface area contributed by atoms with Crippen molar-refractivity contribution >= 4 is 23.5 Å². The van der Waals surface area contributed by atoms with Crippen molar-refractivity contribution in [1.29, 1.82) is 0 Å². The van der Waals surface area contributed by atoms with E-state index in [-0.39, 0.29) is 12.5 Å². The van der Waals surface area contributed by atoms with Gasteiger partial charge in [-0.1, -0.05) is 48.0 Å². The topological polar surface area (TPSA) is 74.2 Å². The molecular formula is C24H28N4O3. The number of aryl methyl sites for hydroxylation is 1. The van der Waals surface area contributed by atoms with Crippen LogP contribution in [0, 0.1) is 12.8 Å². The Labute approximate surface area is 182 Å². The molecule has 0 radical (unpaired) electrons. The highest BCUT2D eigenvalue weighted by molar-refractivity contribution is 6.08. The Kier molecular flexibility index (Phi) is 6.21. The van der Waals surface area contributed by atoms with Gasteiger partial charge in [-0.25, -0.2) is 4.99 Å². The zero-order chi connectivity index (χ0) is 21.8. The van der Waals surface area contributed by atoms with Crippen molar-refractivity contribution in [3.8, 4) is 0 Å². The molecule has 2 aromatic rings. The Hall–Kier alpha value is -3.35. The van der Waals surface area contributed by atoms with Crippen LogP contribution in [0.1, 0.15) is 24.1 Å². The number of guanidine groups is 1. The van der Waals surface area contributed by atoms with Crippen LogP contribution in [0.15, 0.2) is 59.6 Å². The number of ether oxygens (including phenoxy) is 1. The third-order valence-corrected chi connectivity index (χ3v) is 5.72. The average molecular weight is 421 g/mol. The molecule has 4 rings (SSSR count). The number of para-hydroxylation sites is 1. The lowest BCUT2D eigenvalue weighted by Crippen LogP contribution is -2.57. The monoisotopic (exact) mass is 420 g/mol. The van der Waals surface area contributed by atoms with E-state index in [0.29, 0.717) is 5.96 Å². The van der Waals surface area contributed by atoms with Crippen LogP contribution >= 0.6 is 0 Å². The van der Waals surface area contributed by atoms with E-state index < -0.39 is 17.9 Å². The van der Waals surface area contributed by atoms with Crippen LogP contribution in [0.2, 0.25) is 0 Å². The van der Waals surface area contributed by atoms with Gasteiger partial charge in [0.25, 0.3) is 0 Å². The Bertz CT molecular complexity index is 968. The van der Waals surface area contributed by atoms with E-state index in [1.54, 1.807) is 6.92 Å². The summed E-state index contributed by atoms with van der Waals surface area (Å²) >= 11 is 0. The van der Waals surface area contributed by atoms with Gasteiger partial charge in [-0.15, -0.1) is 0 Å². The maximum atomic E-state index is 13.0. The van der Waals surface area contributed by atoms with E-state index in [0.717, 1.165) is 37.3 Å². The molecule has 0 unspecified atom stereocenters. The van der Waals surface area contributed by atoms with Crippen molar-refractivity contribution in [2.75, 3.05) is 37.7 Å². The van der Waals surface area contributed by atoms with Crippen LogP contribution in [0.3, 0.4) is 0 Å². The molecule has 31 heavy (non-hydrogen) atoms. The number of rotatable bonds is 4. The summed E-state index contributed by atoms with van der Waals surface area (Å²) in [6.45, 7) is 7.07. The van der Waals surface area contributed by atoms with Crippen molar-refractivity contribution in [2.24, 2.45) is 10.9 Å². The zero-order valence-electron chi connectivity index (χ0n) is 18.0. The molecule has 0 spiro atoms. The Balaban J connectivity index is 1.57. The number of hydrogen-bond donors (Lipinski definition) is 1. The number of aliphatic imine (C=N–C) groups is 1. The summed E-state index contributed by atoms with van der Waals surface area (Å²) in [6, 6.07) is 17.5. The first kappa shape index (κ1) is 20.9. The number of amides is 1. The van der Waals surface area contributed by atoms with E-state index in [9.17, 15) is 9.59 Å². The van der Waals surface area contributed by atoms with Gasteiger partial charge < -0.3 is 14.5 Å². The van der Waals surface area contributed by atoms with Gasteiger partial charge in [0.15, 0.2) is 5.92 Å². The minimum Gasteiger partial charge on any atom is -0.465 e. The van der Waals surface area contributed by atoms with E-state index in [2.05, 4.69) is 27.2 Å². The first-order valence-corrected chi connectivity index (χ1v) is 10.7. The van der Waals surface area contributed by atoms with Crippen LogP contribution in [-0.4, -0.2) is 55.5 Å². The number of nitrogens with zero attached hydrogens (tertiary/aromatic N) is 3. The van der Waals surface area contributed by atoms with Gasteiger partial charge in [0.1, 0.15) is 6.04 Å². The number of hydrogen-bond acceptors (Lipinski definition) is 6. The van der Waals surface area contributed by atoms with Gasteiger partial charge in [-0.2, -0.15) is 0 Å². The molecule has 2 aliphatic heterocycles. The number of nitrogens with one attached hydrogen (secondary N) is 1. The number of benzene rings is 2. The lowest BCUT2D eigenvalue weighted by molar-refractivity contribution is -0.153. The predicted molar refractivity (Wildman–Crippen MR) is 120 cm³/mol. The van der Waals surface area contributed by atoms with E-state index >= 15 is 0 Å². The van der Waals surface area contributed by atoms with Crippen LogP contribution in [0.4, 0.5) is 5.69 Å². The fourth-order valence-corrected chi connectivity index (χ4v) is 4.13. The molecule has 162 valence electrons. The minimum atomic E-state index is -0.990. The average Bonchev–Trinajstić information content (AvgIpc) is 2.79. The van der Waals surface area contributed by atoms with E-state index in [1.807, 2.05) is 49.4 Å². The molecule has 0 bridgehead atoms. The van der Waals surface area contributed by atoms with Crippen LogP contribution in [0.5, 0.6) is 0 Å². The Morgan fingerprint density at radius 2 is 1.77 bits per heavy atom. The van der Waals surface area contributed by atoms with Crippen molar-refractivity contribution in [3.63, 3.8) is 0 Å². The number of anilines is 1. The molecule has 0 saturated carbocycles. The largest absolute Gasteiger partial charge is 0.465 e. The normalized spacial score (nSPS) is 21.4. The molecule has 7 nitrogen and oxygen atoms in total. The maximum absolute atomic E-state index is 13.0. The zero-order valence-corrected chi connectivity index (χ0v) is 18.0. The second-order valence-electron chi connectivity index (χ2n) is 7.84. The summed E-state index contributed by atoms with van der Waals surface area (Å²) in [5.41, 5.74) is 3.09. The van der Waals surface area contributed by atoms with Crippen LogP contribution < -0.4 is 10.2 Å². The maximum Gasteiger partial charge on any atom is 0.321 e. The van der Waals surface area contributed by atoms with Crippen LogP contribution in [0.25, 0.3) is 0 Å². The molecule has 1 saturated heterocycles. The fourth-order valence-electron chi connectivity index (χ4n) is 4.13. The Morgan fingerprint density at radius 3 is 2.45 bits per heavy atom. The molecule has 2 aliphatic rings.